The second-order valence-electron chi connectivity index (χ2n) is 3.36. The molecule has 1 aliphatic heterocycles. The van der Waals surface area contributed by atoms with E-state index in [0.717, 1.165) is 11.8 Å². The molecule has 0 aromatic heterocycles. The van der Waals surface area contributed by atoms with Gasteiger partial charge in [-0.25, -0.2) is 0 Å². The van der Waals surface area contributed by atoms with Gasteiger partial charge in [0.2, 0.25) is 0 Å². The van der Waals surface area contributed by atoms with Gasteiger partial charge in [0.1, 0.15) is 0 Å². The van der Waals surface area contributed by atoms with Crippen molar-refractivity contribution >= 4 is 57.9 Å². The first-order valence-electron chi connectivity index (χ1n) is 4.75. The Labute approximate surface area is 117 Å². The van der Waals surface area contributed by atoms with E-state index >= 15 is 0 Å². The van der Waals surface area contributed by atoms with Gasteiger partial charge in [0.15, 0.2) is 5.04 Å². The summed E-state index contributed by atoms with van der Waals surface area (Å²) in [6, 6.07) is 4.89. The van der Waals surface area contributed by atoms with E-state index in [1.807, 2.05) is 0 Å². The summed E-state index contributed by atoms with van der Waals surface area (Å²) in [7, 11) is 0. The number of halogens is 2. The van der Waals surface area contributed by atoms with Gasteiger partial charge in [-0.05, 0) is 23.8 Å². The van der Waals surface area contributed by atoms with Crippen LogP contribution < -0.4 is 5.73 Å². The first-order valence-corrected chi connectivity index (χ1v) is 6.32. The van der Waals surface area contributed by atoms with E-state index in [1.54, 1.807) is 24.3 Å². The lowest BCUT2D eigenvalue weighted by molar-refractivity contribution is -0.114. The van der Waals surface area contributed by atoms with Crippen molar-refractivity contribution in [1.29, 1.82) is 0 Å². The predicted octanol–water partition coefficient (Wildman–Crippen LogP) is 2.49. The van der Waals surface area contributed by atoms with Gasteiger partial charge in [0.25, 0.3) is 11.8 Å². The number of benzene rings is 1. The Hall–Kier alpha value is -1.30. The van der Waals surface area contributed by atoms with Crippen molar-refractivity contribution in [2.24, 2.45) is 10.7 Å². The van der Waals surface area contributed by atoms with Gasteiger partial charge in [-0.1, -0.05) is 41.0 Å². The molecule has 1 aromatic rings. The van der Waals surface area contributed by atoms with E-state index in [2.05, 4.69) is 4.99 Å². The molecule has 0 spiro atoms. The van der Waals surface area contributed by atoms with Gasteiger partial charge in [-0.2, -0.15) is 4.99 Å². The van der Waals surface area contributed by atoms with E-state index in [0.29, 0.717) is 20.5 Å². The molecule has 4 nitrogen and oxygen atoms in total. The van der Waals surface area contributed by atoms with Crippen LogP contribution >= 0.6 is 35.0 Å². The number of carbonyl (C=O) groups is 2. The molecule has 0 aliphatic carbocycles. The topological polar surface area (TPSA) is 72.5 Å². The van der Waals surface area contributed by atoms with E-state index in [-0.39, 0.29) is 5.04 Å². The summed E-state index contributed by atoms with van der Waals surface area (Å²) in [5, 5.41) is 0.897. The van der Waals surface area contributed by atoms with Gasteiger partial charge in [0, 0.05) is 10.0 Å². The van der Waals surface area contributed by atoms with Crippen LogP contribution in [0.25, 0.3) is 6.08 Å². The van der Waals surface area contributed by atoms with Gasteiger partial charge in [0.05, 0.1) is 4.91 Å². The Balaban J connectivity index is 2.31. The summed E-state index contributed by atoms with van der Waals surface area (Å²) in [4.78, 5) is 26.3. The minimum absolute atomic E-state index is 0.0173. The Morgan fingerprint density at radius 1 is 1.39 bits per heavy atom. The van der Waals surface area contributed by atoms with Gasteiger partial charge in [-0.3, -0.25) is 9.59 Å². The van der Waals surface area contributed by atoms with Crippen molar-refractivity contribution in [3.63, 3.8) is 0 Å². The lowest BCUT2D eigenvalue weighted by Crippen LogP contribution is -2.18. The van der Waals surface area contributed by atoms with E-state index in [9.17, 15) is 9.59 Å². The first-order chi connectivity index (χ1) is 8.47. The maximum Gasteiger partial charge on any atom is 0.285 e. The molecule has 0 saturated carbocycles. The Bertz CT molecular complexity index is 611. The van der Waals surface area contributed by atoms with Crippen LogP contribution in [0, 0.1) is 0 Å². The number of hydrogen-bond acceptors (Lipinski definition) is 3. The molecular weight excluding hydrogens is 295 g/mol. The highest BCUT2D eigenvalue weighted by molar-refractivity contribution is 8.20. The van der Waals surface area contributed by atoms with Crippen molar-refractivity contribution in [3.8, 4) is 0 Å². The number of hydrogen-bond donors (Lipinski definition) is 1. The zero-order valence-electron chi connectivity index (χ0n) is 8.81. The predicted molar refractivity (Wildman–Crippen MR) is 73.7 cm³/mol. The van der Waals surface area contributed by atoms with Crippen molar-refractivity contribution < 1.29 is 9.59 Å². The molecule has 7 heteroatoms. The highest BCUT2D eigenvalue weighted by atomic mass is 35.5. The third-order valence-corrected chi connectivity index (χ3v) is 3.64. The van der Waals surface area contributed by atoms with Crippen LogP contribution in [0.4, 0.5) is 0 Å². The van der Waals surface area contributed by atoms with Crippen molar-refractivity contribution in [2.45, 2.75) is 0 Å². The lowest BCUT2D eigenvalue weighted by Gasteiger charge is -2.00. The van der Waals surface area contributed by atoms with Crippen LogP contribution in [-0.4, -0.2) is 16.9 Å². The molecule has 0 atom stereocenters. The molecule has 1 heterocycles. The third-order valence-electron chi connectivity index (χ3n) is 2.08. The minimum atomic E-state index is -0.723. The average Bonchev–Trinajstić information content (AvgIpc) is 2.64. The van der Waals surface area contributed by atoms with Crippen LogP contribution in [0.5, 0.6) is 0 Å². The number of nitrogens with two attached hydrogens (primary N) is 1. The second-order valence-corrected chi connectivity index (χ2v) is 5.24. The maximum atomic E-state index is 11.5. The molecule has 2 N–H and O–H groups in total. The van der Waals surface area contributed by atoms with Gasteiger partial charge >= 0.3 is 0 Å². The summed E-state index contributed by atoms with van der Waals surface area (Å²) in [5.41, 5.74) is 5.67. The lowest BCUT2D eigenvalue weighted by atomic mass is 10.2. The Morgan fingerprint density at radius 2 is 2.11 bits per heavy atom. The van der Waals surface area contributed by atoms with Crippen molar-refractivity contribution in [2.75, 3.05) is 0 Å². The van der Waals surface area contributed by atoms with Crippen LogP contribution in [0.1, 0.15) is 5.56 Å². The first kappa shape index (κ1) is 13.1. The molecule has 0 bridgehead atoms. The quantitative estimate of drug-likeness (QED) is 0.853. The number of amides is 2. The molecule has 0 radical (unpaired) electrons. The smallest absolute Gasteiger partial charge is 0.285 e. The number of primary amides is 1. The van der Waals surface area contributed by atoms with E-state index < -0.39 is 11.8 Å². The molecule has 92 valence electrons. The highest BCUT2D eigenvalue weighted by Crippen LogP contribution is 2.31. The normalized spacial score (nSPS) is 17.1. The fraction of sp³-hybridized carbons (Fsp3) is 0. The average molecular weight is 301 g/mol. The van der Waals surface area contributed by atoms with Gasteiger partial charge < -0.3 is 5.73 Å². The summed E-state index contributed by atoms with van der Waals surface area (Å²) < 4.78 is 0. The maximum absolute atomic E-state index is 11.5. The zero-order chi connectivity index (χ0) is 13.3. The molecule has 0 saturated heterocycles. The molecule has 1 aliphatic rings. The van der Waals surface area contributed by atoms with Crippen LogP contribution in [0.2, 0.25) is 10.0 Å². The molecule has 2 amide bonds. The molecular formula is C11H6Cl2N2O2S. The summed E-state index contributed by atoms with van der Waals surface area (Å²) in [5.74, 6) is -1.22. The number of nitrogens with zero attached hydrogens (tertiary/aromatic N) is 1. The summed E-state index contributed by atoms with van der Waals surface area (Å²) >= 11 is 12.7. The van der Waals surface area contributed by atoms with Crippen LogP contribution in [-0.2, 0) is 9.59 Å². The van der Waals surface area contributed by atoms with E-state index in [4.69, 9.17) is 28.9 Å². The monoisotopic (exact) mass is 300 g/mol. The van der Waals surface area contributed by atoms with Crippen LogP contribution in [0.15, 0.2) is 28.1 Å². The van der Waals surface area contributed by atoms with Crippen molar-refractivity contribution in [3.05, 3.63) is 38.7 Å². The number of carbonyl (C=O) groups excluding carboxylic acids is 2. The fourth-order valence-electron chi connectivity index (χ4n) is 1.27. The Morgan fingerprint density at radius 3 is 2.67 bits per heavy atom. The molecule has 2 rings (SSSR count). The molecule has 1 aromatic carbocycles. The summed E-state index contributed by atoms with van der Waals surface area (Å²) in [6.45, 7) is 0. The van der Waals surface area contributed by atoms with Gasteiger partial charge in [-0.15, -0.1) is 0 Å². The number of rotatable bonds is 2. The van der Waals surface area contributed by atoms with E-state index in [1.165, 1.54) is 0 Å². The fourth-order valence-corrected chi connectivity index (χ4v) is 2.49. The molecule has 0 fully saturated rings. The number of thioether (sulfide) groups is 1. The summed E-state index contributed by atoms with van der Waals surface area (Å²) in [6.07, 6.45) is 1.55. The Kier molecular flexibility index (Phi) is 3.75. The molecule has 18 heavy (non-hydrogen) atoms. The number of aliphatic imine (C=N–C) groups is 1. The van der Waals surface area contributed by atoms with Crippen LogP contribution in [0.3, 0.4) is 0 Å². The third kappa shape index (κ3) is 2.75. The largest absolute Gasteiger partial charge is 0.364 e. The SMILES string of the molecule is NC(=O)C1=NC(=O)C(=Cc2ccc(Cl)cc2Cl)S1. The standard InChI is InChI=1S/C11H6Cl2N2O2S/c12-6-2-1-5(7(13)4-6)3-8-10(17)15-11(18-8)9(14)16/h1-4H,(H2,14,16). The zero-order valence-corrected chi connectivity index (χ0v) is 11.1. The van der Waals surface area contributed by atoms with Crippen molar-refractivity contribution in [1.82, 2.24) is 0 Å². The minimum Gasteiger partial charge on any atom is -0.364 e. The highest BCUT2D eigenvalue weighted by Gasteiger charge is 2.25. The molecule has 0 unspecified atom stereocenters. The second kappa shape index (κ2) is 5.14.